The van der Waals surface area contributed by atoms with Crippen molar-refractivity contribution in [3.8, 4) is 11.5 Å². The van der Waals surface area contributed by atoms with Gasteiger partial charge in [0.15, 0.2) is 11.5 Å². The van der Waals surface area contributed by atoms with E-state index in [-0.39, 0.29) is 12.1 Å². The number of rotatable bonds is 6. The maximum absolute atomic E-state index is 6.11. The molecule has 0 aliphatic carbocycles. The van der Waals surface area contributed by atoms with Gasteiger partial charge >= 0.3 is 0 Å². The van der Waals surface area contributed by atoms with E-state index in [1.54, 1.807) is 7.11 Å². The number of hydrogen-bond donors (Lipinski definition) is 1. The Labute approximate surface area is 113 Å². The lowest BCUT2D eigenvalue weighted by atomic mass is 10.1. The van der Waals surface area contributed by atoms with Crippen LogP contribution in [0.25, 0.3) is 0 Å². The van der Waals surface area contributed by atoms with Gasteiger partial charge in [-0.05, 0) is 24.6 Å². The van der Waals surface area contributed by atoms with Crippen molar-refractivity contribution < 1.29 is 18.9 Å². The summed E-state index contributed by atoms with van der Waals surface area (Å²) in [5, 5.41) is 0. The maximum Gasteiger partial charge on any atom is 0.161 e. The highest BCUT2D eigenvalue weighted by Crippen LogP contribution is 2.32. The third-order valence-electron chi connectivity index (χ3n) is 2.96. The molecular weight excluding hydrogens is 246 g/mol. The molecule has 1 aromatic carbocycles. The van der Waals surface area contributed by atoms with Gasteiger partial charge in [-0.2, -0.15) is 0 Å². The standard InChI is InChI=1S/C14H21NO4/c1-10(8-16-2)19-9-12(15)11-3-4-13-14(7-11)18-6-5-17-13/h3-4,7,10,12H,5-6,8-9,15H2,1-2H3. The highest BCUT2D eigenvalue weighted by molar-refractivity contribution is 5.44. The van der Waals surface area contributed by atoms with E-state index < -0.39 is 0 Å². The molecule has 0 fully saturated rings. The molecule has 0 amide bonds. The number of benzene rings is 1. The van der Waals surface area contributed by atoms with Gasteiger partial charge in [-0.25, -0.2) is 0 Å². The van der Waals surface area contributed by atoms with Crippen LogP contribution >= 0.6 is 0 Å². The molecule has 19 heavy (non-hydrogen) atoms. The summed E-state index contributed by atoms with van der Waals surface area (Å²) >= 11 is 0. The van der Waals surface area contributed by atoms with Gasteiger partial charge in [0.2, 0.25) is 0 Å². The highest BCUT2D eigenvalue weighted by Gasteiger charge is 2.15. The smallest absolute Gasteiger partial charge is 0.161 e. The molecule has 2 atom stereocenters. The van der Waals surface area contributed by atoms with Crippen LogP contribution in [0, 0.1) is 0 Å². The summed E-state index contributed by atoms with van der Waals surface area (Å²) in [6.45, 7) is 4.14. The minimum atomic E-state index is -0.185. The van der Waals surface area contributed by atoms with Crippen molar-refractivity contribution in [2.45, 2.75) is 19.1 Å². The first-order chi connectivity index (χ1) is 9.20. The van der Waals surface area contributed by atoms with Crippen LogP contribution in [-0.4, -0.2) is 39.6 Å². The SMILES string of the molecule is COCC(C)OCC(N)c1ccc2c(c1)OCCO2. The molecule has 0 saturated heterocycles. The molecule has 1 aliphatic heterocycles. The second kappa shape index (κ2) is 6.75. The zero-order valence-corrected chi connectivity index (χ0v) is 11.4. The van der Waals surface area contributed by atoms with Crippen molar-refractivity contribution in [1.29, 1.82) is 0 Å². The summed E-state index contributed by atoms with van der Waals surface area (Å²) < 4.78 is 21.6. The predicted octanol–water partition coefficient (Wildman–Crippen LogP) is 1.51. The molecule has 5 nitrogen and oxygen atoms in total. The molecule has 1 aromatic rings. The van der Waals surface area contributed by atoms with Crippen LogP contribution in [0.1, 0.15) is 18.5 Å². The van der Waals surface area contributed by atoms with Crippen LogP contribution in [-0.2, 0) is 9.47 Å². The first kappa shape index (κ1) is 14.1. The maximum atomic E-state index is 6.11. The Morgan fingerprint density at radius 3 is 2.68 bits per heavy atom. The molecule has 0 aromatic heterocycles. The topological polar surface area (TPSA) is 62.9 Å². The van der Waals surface area contributed by atoms with Crippen LogP contribution in [0.4, 0.5) is 0 Å². The first-order valence-electron chi connectivity index (χ1n) is 6.46. The van der Waals surface area contributed by atoms with Crippen molar-refractivity contribution in [2.75, 3.05) is 33.5 Å². The van der Waals surface area contributed by atoms with Crippen LogP contribution in [0.3, 0.4) is 0 Å². The molecular formula is C14H21NO4. The Morgan fingerprint density at radius 1 is 1.21 bits per heavy atom. The summed E-state index contributed by atoms with van der Waals surface area (Å²) in [5.41, 5.74) is 7.09. The molecule has 1 aliphatic rings. The second-order valence-electron chi connectivity index (χ2n) is 4.61. The molecule has 0 bridgehead atoms. The fraction of sp³-hybridized carbons (Fsp3) is 0.571. The molecule has 1 heterocycles. The summed E-state index contributed by atoms with van der Waals surface area (Å²) in [6.07, 6.45) is 0.0354. The molecule has 106 valence electrons. The fourth-order valence-electron chi connectivity index (χ4n) is 1.94. The Kier molecular flexibility index (Phi) is 5.01. The number of nitrogens with two attached hydrogens (primary N) is 1. The van der Waals surface area contributed by atoms with Crippen molar-refractivity contribution in [3.05, 3.63) is 23.8 Å². The number of methoxy groups -OCH3 is 1. The van der Waals surface area contributed by atoms with Gasteiger partial charge in [0.25, 0.3) is 0 Å². The van der Waals surface area contributed by atoms with Crippen LogP contribution < -0.4 is 15.2 Å². The van der Waals surface area contributed by atoms with E-state index >= 15 is 0 Å². The number of fused-ring (bicyclic) bond motifs is 1. The largest absolute Gasteiger partial charge is 0.486 e. The van der Waals surface area contributed by atoms with Gasteiger partial charge in [0.05, 0.1) is 25.4 Å². The van der Waals surface area contributed by atoms with E-state index in [2.05, 4.69) is 0 Å². The van der Waals surface area contributed by atoms with Gasteiger partial charge in [-0.15, -0.1) is 0 Å². The normalized spacial score (nSPS) is 17.0. The van der Waals surface area contributed by atoms with Gasteiger partial charge in [-0.1, -0.05) is 6.07 Å². The molecule has 5 heteroatoms. The molecule has 0 spiro atoms. The third-order valence-corrected chi connectivity index (χ3v) is 2.96. The van der Waals surface area contributed by atoms with Crippen LogP contribution in [0.2, 0.25) is 0 Å². The van der Waals surface area contributed by atoms with E-state index in [9.17, 15) is 0 Å². The predicted molar refractivity (Wildman–Crippen MR) is 71.7 cm³/mol. The van der Waals surface area contributed by atoms with E-state index in [1.807, 2.05) is 25.1 Å². The number of hydrogen-bond acceptors (Lipinski definition) is 5. The van der Waals surface area contributed by atoms with Gasteiger partial charge in [0.1, 0.15) is 13.2 Å². The summed E-state index contributed by atoms with van der Waals surface area (Å²) in [5.74, 6) is 1.53. The minimum absolute atomic E-state index is 0.0354. The average molecular weight is 267 g/mol. The number of ether oxygens (including phenoxy) is 4. The summed E-state index contributed by atoms with van der Waals surface area (Å²) in [4.78, 5) is 0. The van der Waals surface area contributed by atoms with Crippen molar-refractivity contribution in [2.24, 2.45) is 5.73 Å². The Hall–Kier alpha value is -1.30. The summed E-state index contributed by atoms with van der Waals surface area (Å²) in [7, 11) is 1.65. The van der Waals surface area contributed by atoms with Crippen LogP contribution in [0.15, 0.2) is 18.2 Å². The minimum Gasteiger partial charge on any atom is -0.486 e. The van der Waals surface area contributed by atoms with Gasteiger partial charge in [-0.3, -0.25) is 0 Å². The van der Waals surface area contributed by atoms with E-state index in [1.165, 1.54) is 0 Å². The lowest BCUT2D eigenvalue weighted by Crippen LogP contribution is -2.23. The van der Waals surface area contributed by atoms with E-state index in [0.717, 1.165) is 17.1 Å². The molecule has 0 saturated carbocycles. The Balaban J connectivity index is 1.93. The second-order valence-corrected chi connectivity index (χ2v) is 4.61. The zero-order valence-electron chi connectivity index (χ0n) is 11.4. The van der Waals surface area contributed by atoms with Gasteiger partial charge in [0, 0.05) is 7.11 Å². The fourth-order valence-corrected chi connectivity index (χ4v) is 1.94. The van der Waals surface area contributed by atoms with E-state index in [4.69, 9.17) is 24.7 Å². The van der Waals surface area contributed by atoms with E-state index in [0.29, 0.717) is 26.4 Å². The Morgan fingerprint density at radius 2 is 1.95 bits per heavy atom. The van der Waals surface area contributed by atoms with Crippen molar-refractivity contribution in [3.63, 3.8) is 0 Å². The molecule has 2 N–H and O–H groups in total. The Bertz CT molecular complexity index is 410. The van der Waals surface area contributed by atoms with Crippen molar-refractivity contribution >= 4 is 0 Å². The van der Waals surface area contributed by atoms with Crippen molar-refractivity contribution in [1.82, 2.24) is 0 Å². The average Bonchev–Trinajstić information content (AvgIpc) is 2.44. The molecule has 0 radical (unpaired) electrons. The third kappa shape index (κ3) is 3.83. The highest BCUT2D eigenvalue weighted by atomic mass is 16.6. The monoisotopic (exact) mass is 267 g/mol. The lowest BCUT2D eigenvalue weighted by molar-refractivity contribution is 0.00325. The summed E-state index contributed by atoms with van der Waals surface area (Å²) in [6, 6.07) is 5.57. The molecule has 2 unspecified atom stereocenters. The van der Waals surface area contributed by atoms with Gasteiger partial charge < -0.3 is 24.7 Å². The quantitative estimate of drug-likeness (QED) is 0.846. The van der Waals surface area contributed by atoms with Crippen LogP contribution in [0.5, 0.6) is 11.5 Å². The molecule has 2 rings (SSSR count). The first-order valence-corrected chi connectivity index (χ1v) is 6.46. The lowest BCUT2D eigenvalue weighted by Gasteiger charge is -2.21. The zero-order chi connectivity index (χ0) is 13.7.